The lowest BCUT2D eigenvalue weighted by atomic mass is 9.99. The molecule has 1 aromatic carbocycles. The lowest BCUT2D eigenvalue weighted by Gasteiger charge is -2.32. The Bertz CT molecular complexity index is 1040. The molecule has 3 aromatic heterocycles. The topological polar surface area (TPSA) is 53.7 Å². The summed E-state index contributed by atoms with van der Waals surface area (Å²) in [5.74, 6) is 1.29. The minimum Gasteiger partial charge on any atom is -0.396 e. The van der Waals surface area contributed by atoms with Gasteiger partial charge in [-0.05, 0) is 48.4 Å². The van der Waals surface area contributed by atoms with Gasteiger partial charge in [0.1, 0.15) is 11.5 Å². The predicted octanol–water partition coefficient (Wildman–Crippen LogP) is 3.82. The summed E-state index contributed by atoms with van der Waals surface area (Å²) in [7, 11) is 0. The number of benzene rings is 1. The number of aliphatic hydroxyl groups excluding tert-OH is 1. The fraction of sp³-hybridized carbons (Fsp3) is 0.300. The van der Waals surface area contributed by atoms with Crippen LogP contribution in [0.5, 0.6) is 0 Å². The highest BCUT2D eigenvalue weighted by Crippen LogP contribution is 2.33. The number of hydrogen-bond acceptors (Lipinski definition) is 5. The highest BCUT2D eigenvalue weighted by molar-refractivity contribution is 7.22. The van der Waals surface area contributed by atoms with Gasteiger partial charge in [-0.25, -0.2) is 9.50 Å². The monoisotopic (exact) mass is 364 g/mol. The molecule has 0 spiro atoms. The molecule has 1 fully saturated rings. The van der Waals surface area contributed by atoms with E-state index in [-0.39, 0.29) is 6.61 Å². The first-order valence-corrected chi connectivity index (χ1v) is 9.83. The van der Waals surface area contributed by atoms with Crippen molar-refractivity contribution >= 4 is 32.9 Å². The molecule has 6 heteroatoms. The summed E-state index contributed by atoms with van der Waals surface area (Å²) >= 11 is 1.77. The number of thiophene rings is 1. The molecule has 0 saturated carbocycles. The minimum absolute atomic E-state index is 0.247. The average molecular weight is 364 g/mol. The molecule has 4 heterocycles. The van der Waals surface area contributed by atoms with Crippen molar-refractivity contribution in [1.82, 2.24) is 14.6 Å². The third kappa shape index (κ3) is 2.66. The van der Waals surface area contributed by atoms with Crippen LogP contribution in [0, 0.1) is 5.92 Å². The minimum atomic E-state index is 0.247. The fourth-order valence-electron chi connectivity index (χ4n) is 3.73. The largest absolute Gasteiger partial charge is 0.396 e. The third-order valence-corrected chi connectivity index (χ3v) is 6.27. The second-order valence-electron chi connectivity index (χ2n) is 6.89. The Hall–Kier alpha value is -2.44. The fourth-order valence-corrected chi connectivity index (χ4v) is 4.79. The Balaban J connectivity index is 1.56. The number of anilines is 1. The van der Waals surface area contributed by atoms with Crippen molar-refractivity contribution in [3.05, 3.63) is 48.7 Å². The molecule has 5 rings (SSSR count). The van der Waals surface area contributed by atoms with Gasteiger partial charge in [0.2, 0.25) is 0 Å². The number of piperidine rings is 1. The molecule has 0 amide bonds. The van der Waals surface area contributed by atoms with Gasteiger partial charge >= 0.3 is 0 Å². The van der Waals surface area contributed by atoms with Crippen molar-refractivity contribution in [1.29, 1.82) is 0 Å². The van der Waals surface area contributed by atoms with Crippen LogP contribution in [0.1, 0.15) is 12.8 Å². The Morgan fingerprint density at radius 3 is 3.00 bits per heavy atom. The quantitative estimate of drug-likeness (QED) is 0.600. The highest BCUT2D eigenvalue weighted by Gasteiger charge is 2.21. The van der Waals surface area contributed by atoms with Crippen molar-refractivity contribution in [3.8, 4) is 10.6 Å². The molecule has 0 aliphatic carbocycles. The summed E-state index contributed by atoms with van der Waals surface area (Å²) < 4.78 is 3.22. The Morgan fingerprint density at radius 2 is 2.12 bits per heavy atom. The number of nitrogens with zero attached hydrogens (tertiary/aromatic N) is 4. The van der Waals surface area contributed by atoms with E-state index in [0.29, 0.717) is 5.92 Å². The van der Waals surface area contributed by atoms with Crippen LogP contribution in [0.4, 0.5) is 5.82 Å². The van der Waals surface area contributed by atoms with E-state index in [0.717, 1.165) is 43.1 Å². The summed E-state index contributed by atoms with van der Waals surface area (Å²) in [4.78, 5) is 7.98. The van der Waals surface area contributed by atoms with Crippen molar-refractivity contribution < 1.29 is 5.11 Å². The highest BCUT2D eigenvalue weighted by atomic mass is 32.1. The van der Waals surface area contributed by atoms with Gasteiger partial charge < -0.3 is 10.0 Å². The van der Waals surface area contributed by atoms with Gasteiger partial charge in [0.05, 0.1) is 11.1 Å². The van der Waals surface area contributed by atoms with Gasteiger partial charge in [-0.2, -0.15) is 0 Å². The maximum atomic E-state index is 9.50. The van der Waals surface area contributed by atoms with Gasteiger partial charge in [0, 0.05) is 24.4 Å². The maximum Gasteiger partial charge on any atom is 0.154 e. The molecule has 1 saturated heterocycles. The first-order valence-electron chi connectivity index (χ1n) is 9.01. The zero-order chi connectivity index (χ0) is 17.5. The normalized spacial score (nSPS) is 18.0. The van der Waals surface area contributed by atoms with Gasteiger partial charge in [-0.1, -0.05) is 18.2 Å². The van der Waals surface area contributed by atoms with E-state index < -0.39 is 0 Å². The average Bonchev–Trinajstić information content (AvgIpc) is 3.31. The standard InChI is InChI=1S/C20H20N4OS/c25-13-14-4-3-9-23(12-14)20-8-7-19-21-11-16(24(19)22-20)18-10-15-5-1-2-6-17(15)26-18/h1-2,5-8,10-11,14,25H,3-4,9,12-13H2. The number of imidazole rings is 1. The van der Waals surface area contributed by atoms with Crippen LogP contribution in [0.2, 0.25) is 0 Å². The molecule has 1 unspecified atom stereocenters. The van der Waals surface area contributed by atoms with Crippen LogP contribution in [0.15, 0.2) is 48.7 Å². The Kier molecular flexibility index (Phi) is 3.87. The van der Waals surface area contributed by atoms with Crippen molar-refractivity contribution in [2.75, 3.05) is 24.6 Å². The molecule has 1 aliphatic heterocycles. The molecule has 1 atom stereocenters. The molecular formula is C20H20N4OS. The smallest absolute Gasteiger partial charge is 0.154 e. The first kappa shape index (κ1) is 15.8. The SMILES string of the molecule is OCC1CCCN(c2ccc3ncc(-c4cc5ccccc5s4)n3n2)C1. The maximum absolute atomic E-state index is 9.50. The third-order valence-electron chi connectivity index (χ3n) is 5.13. The first-order chi connectivity index (χ1) is 12.8. The summed E-state index contributed by atoms with van der Waals surface area (Å²) in [5.41, 5.74) is 1.88. The summed E-state index contributed by atoms with van der Waals surface area (Å²) in [5, 5.41) is 15.6. The van der Waals surface area contributed by atoms with Gasteiger partial charge in [-0.15, -0.1) is 16.4 Å². The van der Waals surface area contributed by atoms with E-state index in [1.54, 1.807) is 11.3 Å². The van der Waals surface area contributed by atoms with Crippen LogP contribution in [-0.2, 0) is 0 Å². The van der Waals surface area contributed by atoms with E-state index in [2.05, 4.69) is 40.2 Å². The number of fused-ring (bicyclic) bond motifs is 2. The van der Waals surface area contributed by atoms with Crippen molar-refractivity contribution in [2.24, 2.45) is 5.92 Å². The predicted molar refractivity (Wildman–Crippen MR) is 106 cm³/mol. The lowest BCUT2D eigenvalue weighted by molar-refractivity contribution is 0.208. The second kappa shape index (κ2) is 6.37. The Morgan fingerprint density at radius 1 is 1.19 bits per heavy atom. The number of aromatic nitrogens is 3. The van der Waals surface area contributed by atoms with Crippen LogP contribution < -0.4 is 4.90 Å². The van der Waals surface area contributed by atoms with E-state index in [1.165, 1.54) is 15.0 Å². The zero-order valence-corrected chi connectivity index (χ0v) is 15.2. The summed E-state index contributed by atoms with van der Waals surface area (Å²) in [6.07, 6.45) is 4.09. The molecule has 0 radical (unpaired) electrons. The summed E-state index contributed by atoms with van der Waals surface area (Å²) in [6, 6.07) is 14.7. The van der Waals surface area contributed by atoms with Crippen LogP contribution >= 0.6 is 11.3 Å². The number of hydrogen-bond donors (Lipinski definition) is 1. The van der Waals surface area contributed by atoms with Gasteiger partial charge in [0.15, 0.2) is 5.65 Å². The molecule has 26 heavy (non-hydrogen) atoms. The molecule has 4 aromatic rings. The summed E-state index contributed by atoms with van der Waals surface area (Å²) in [6.45, 7) is 2.10. The van der Waals surface area contributed by atoms with Gasteiger partial charge in [-0.3, -0.25) is 0 Å². The van der Waals surface area contributed by atoms with Crippen molar-refractivity contribution in [3.63, 3.8) is 0 Å². The molecular weight excluding hydrogens is 344 g/mol. The molecule has 132 valence electrons. The van der Waals surface area contributed by atoms with E-state index >= 15 is 0 Å². The van der Waals surface area contributed by atoms with Gasteiger partial charge in [0.25, 0.3) is 0 Å². The van der Waals surface area contributed by atoms with Crippen LogP contribution in [0.25, 0.3) is 26.3 Å². The molecule has 1 aliphatic rings. The molecule has 5 nitrogen and oxygen atoms in total. The van der Waals surface area contributed by atoms with Crippen LogP contribution in [0.3, 0.4) is 0 Å². The Labute approximate surface area is 155 Å². The van der Waals surface area contributed by atoms with E-state index in [1.807, 2.05) is 22.8 Å². The van der Waals surface area contributed by atoms with Crippen LogP contribution in [-0.4, -0.2) is 39.4 Å². The number of aliphatic hydroxyl groups is 1. The second-order valence-corrected chi connectivity index (χ2v) is 7.97. The zero-order valence-electron chi connectivity index (χ0n) is 14.4. The van der Waals surface area contributed by atoms with E-state index in [4.69, 9.17) is 5.10 Å². The molecule has 1 N–H and O–H groups in total. The number of rotatable bonds is 3. The van der Waals surface area contributed by atoms with Crippen molar-refractivity contribution in [2.45, 2.75) is 12.8 Å². The molecule has 0 bridgehead atoms. The van der Waals surface area contributed by atoms with E-state index in [9.17, 15) is 5.11 Å². The lowest BCUT2D eigenvalue weighted by Crippen LogP contribution is -2.37.